The van der Waals surface area contributed by atoms with Crippen LogP contribution in [-0.4, -0.2) is 58.8 Å². The number of benzene rings is 4. The Morgan fingerprint density at radius 3 is 1.58 bits per heavy atom. The number of nitrogens with zero attached hydrogens (tertiary/aromatic N) is 5. The predicted molar refractivity (Wildman–Crippen MR) is 231 cm³/mol. The van der Waals surface area contributed by atoms with Gasteiger partial charge in [0.1, 0.15) is 17.0 Å². The molecule has 0 saturated heterocycles. The summed E-state index contributed by atoms with van der Waals surface area (Å²) in [7, 11) is -7.73. The summed E-state index contributed by atoms with van der Waals surface area (Å²) in [5.41, 5.74) is 4.59. The fourth-order valence-electron chi connectivity index (χ4n) is 6.58. The average molecular weight is 918 g/mol. The lowest BCUT2D eigenvalue weighted by molar-refractivity contribution is -0.274. The molecule has 5 heterocycles. The molecular weight excluding hydrogens is 884 g/mol. The predicted octanol–water partition coefficient (Wildman–Crippen LogP) is 7.64. The number of rotatable bonds is 11. The van der Waals surface area contributed by atoms with Crippen LogP contribution in [0.3, 0.4) is 0 Å². The van der Waals surface area contributed by atoms with Gasteiger partial charge in [0.25, 0.3) is 11.8 Å². The number of aromatic nitrogens is 5. The maximum atomic E-state index is 13.0. The summed E-state index contributed by atoms with van der Waals surface area (Å²) in [6, 6.07) is 31.7. The number of pyridine rings is 3. The van der Waals surface area contributed by atoms with E-state index >= 15 is 0 Å². The fraction of sp³-hybridized carbons (Fsp3) is 0.0652. The van der Waals surface area contributed by atoms with Gasteiger partial charge in [0, 0.05) is 61.9 Å². The third-order valence-electron chi connectivity index (χ3n) is 9.91. The summed E-state index contributed by atoms with van der Waals surface area (Å²) in [5, 5.41) is 6.36. The average Bonchev–Trinajstić information content (AvgIpc) is 3.99. The van der Waals surface area contributed by atoms with Crippen LogP contribution in [0.25, 0.3) is 22.2 Å². The molecule has 0 spiro atoms. The summed E-state index contributed by atoms with van der Waals surface area (Å²) >= 11 is 0. The van der Waals surface area contributed by atoms with Crippen molar-refractivity contribution in [3.8, 4) is 5.75 Å². The molecule has 2 amide bonds. The number of fused-ring (bicyclic) bond motifs is 3. The SMILES string of the molecule is O=C(NCc1ccc(S(=O)(=O)c2ccc3ncccc3c2)cc1)c1ccc2nccn2c1.O=C(NCc1ccc(S(=O)(=O)c2cccc(OC(F)(F)F)c2)cc1)c1ccc2nccn2c1. The summed E-state index contributed by atoms with van der Waals surface area (Å²) in [4.78, 5) is 37.3. The zero-order chi connectivity index (χ0) is 45.8. The second-order valence-corrected chi connectivity index (χ2v) is 18.2. The highest BCUT2D eigenvalue weighted by Gasteiger charge is 2.31. The third-order valence-corrected chi connectivity index (χ3v) is 13.4. The van der Waals surface area contributed by atoms with E-state index in [4.69, 9.17) is 0 Å². The van der Waals surface area contributed by atoms with Gasteiger partial charge in [0.15, 0.2) is 0 Å². The van der Waals surface area contributed by atoms with Crippen molar-refractivity contribution in [1.82, 2.24) is 34.4 Å². The van der Waals surface area contributed by atoms with E-state index in [0.717, 1.165) is 34.2 Å². The lowest BCUT2D eigenvalue weighted by atomic mass is 10.2. The van der Waals surface area contributed by atoms with Crippen molar-refractivity contribution in [3.05, 3.63) is 193 Å². The van der Waals surface area contributed by atoms with Crippen molar-refractivity contribution < 1.29 is 44.3 Å². The van der Waals surface area contributed by atoms with Crippen LogP contribution in [0.1, 0.15) is 31.8 Å². The van der Waals surface area contributed by atoms with Gasteiger partial charge in [-0.05, 0) is 102 Å². The fourth-order valence-corrected chi connectivity index (χ4v) is 9.17. The van der Waals surface area contributed by atoms with E-state index in [9.17, 15) is 39.6 Å². The van der Waals surface area contributed by atoms with Crippen molar-refractivity contribution >= 4 is 53.7 Å². The van der Waals surface area contributed by atoms with E-state index in [-0.39, 0.29) is 44.5 Å². The van der Waals surface area contributed by atoms with E-state index in [1.54, 1.807) is 125 Å². The van der Waals surface area contributed by atoms with Gasteiger partial charge in [-0.15, -0.1) is 13.2 Å². The number of imidazole rings is 2. The van der Waals surface area contributed by atoms with Crippen LogP contribution in [0, 0.1) is 0 Å². The molecule has 9 aromatic rings. The third kappa shape index (κ3) is 10.2. The summed E-state index contributed by atoms with van der Waals surface area (Å²) in [5.74, 6) is -1.16. The molecule has 2 N–H and O–H groups in total. The first-order chi connectivity index (χ1) is 31.1. The molecule has 4 aromatic carbocycles. The molecule has 0 aliphatic rings. The number of carbonyl (C=O) groups excluding carboxylic acids is 2. The Morgan fingerprint density at radius 1 is 0.554 bits per heavy atom. The quantitative estimate of drug-likeness (QED) is 0.131. The topological polar surface area (TPSA) is 183 Å². The van der Waals surface area contributed by atoms with Gasteiger partial charge in [-0.1, -0.05) is 36.4 Å². The number of ether oxygens (including phenoxy) is 1. The molecule has 19 heteroatoms. The smallest absolute Gasteiger partial charge is 0.406 e. The van der Waals surface area contributed by atoms with E-state index in [0.29, 0.717) is 22.3 Å². The minimum absolute atomic E-state index is 0.104. The minimum atomic E-state index is -4.93. The van der Waals surface area contributed by atoms with Crippen LogP contribution in [0.5, 0.6) is 5.75 Å². The number of carbonyl (C=O) groups is 2. The largest absolute Gasteiger partial charge is 0.573 e. The molecule has 5 aromatic heterocycles. The number of hydrogen-bond donors (Lipinski definition) is 2. The molecule has 0 bridgehead atoms. The molecule has 0 aliphatic heterocycles. The highest BCUT2D eigenvalue weighted by Crippen LogP contribution is 2.29. The molecule has 14 nitrogen and oxygen atoms in total. The molecule has 0 radical (unpaired) electrons. The van der Waals surface area contributed by atoms with Gasteiger partial charge < -0.3 is 24.2 Å². The Bertz CT molecular complexity index is 3430. The Kier molecular flexibility index (Phi) is 12.2. The number of amides is 2. The lowest BCUT2D eigenvalue weighted by Crippen LogP contribution is -2.23. The van der Waals surface area contributed by atoms with Gasteiger partial charge in [-0.25, -0.2) is 26.8 Å². The van der Waals surface area contributed by atoms with Crippen molar-refractivity contribution in [2.45, 2.75) is 39.0 Å². The van der Waals surface area contributed by atoms with Crippen LogP contribution >= 0.6 is 0 Å². The Labute approximate surface area is 368 Å². The highest BCUT2D eigenvalue weighted by atomic mass is 32.2. The number of hydrogen-bond acceptors (Lipinski definition) is 10. The van der Waals surface area contributed by atoms with Crippen LogP contribution in [0.15, 0.2) is 190 Å². The van der Waals surface area contributed by atoms with E-state index < -0.39 is 31.8 Å². The zero-order valence-corrected chi connectivity index (χ0v) is 35.3. The monoisotopic (exact) mass is 917 g/mol. The van der Waals surface area contributed by atoms with E-state index in [1.807, 2.05) is 6.07 Å². The maximum Gasteiger partial charge on any atom is 0.573 e. The number of halogens is 3. The Balaban J connectivity index is 0.000000177. The molecular formula is C46H34F3N7O7S2. The molecule has 0 saturated carbocycles. The summed E-state index contributed by atoms with van der Waals surface area (Å²) in [6.45, 7) is 0.429. The second-order valence-electron chi connectivity index (χ2n) is 14.3. The molecule has 328 valence electrons. The first-order valence-electron chi connectivity index (χ1n) is 19.4. The maximum absolute atomic E-state index is 13.0. The normalized spacial score (nSPS) is 11.8. The first-order valence-corrected chi connectivity index (χ1v) is 22.4. The van der Waals surface area contributed by atoms with E-state index in [1.165, 1.54) is 36.4 Å². The summed E-state index contributed by atoms with van der Waals surface area (Å²) in [6.07, 6.45) is 6.88. The molecule has 0 aliphatic carbocycles. The van der Waals surface area contributed by atoms with Crippen molar-refractivity contribution in [2.75, 3.05) is 0 Å². The first kappa shape index (κ1) is 43.7. The highest BCUT2D eigenvalue weighted by molar-refractivity contribution is 7.91. The minimum Gasteiger partial charge on any atom is -0.406 e. The van der Waals surface area contributed by atoms with Crippen molar-refractivity contribution in [1.29, 1.82) is 0 Å². The Morgan fingerprint density at radius 2 is 1.06 bits per heavy atom. The van der Waals surface area contributed by atoms with Crippen molar-refractivity contribution in [3.63, 3.8) is 0 Å². The lowest BCUT2D eigenvalue weighted by Gasteiger charge is -2.11. The van der Waals surface area contributed by atoms with Gasteiger partial charge in [-0.3, -0.25) is 14.6 Å². The Hall–Kier alpha value is -7.90. The summed E-state index contributed by atoms with van der Waals surface area (Å²) < 4.78 is 96.2. The van der Waals surface area contributed by atoms with Crippen LogP contribution in [0.4, 0.5) is 13.2 Å². The molecule has 9 rings (SSSR count). The zero-order valence-electron chi connectivity index (χ0n) is 33.6. The standard InChI is InChI=1S/C24H18N4O3S.C22H16F3N3O4S/c29-24(19-5-10-23-26-12-13-28(23)16-19)27-15-17-3-6-20(7-4-17)32(30,31)21-8-9-22-18(14-21)2-1-11-25-22;23-22(24,25)32-17-2-1-3-19(12-17)33(30,31)18-7-4-15(5-8-18)13-27-21(29)16-6-9-20-26-10-11-28(20)14-16/h1-14,16H,15H2,(H,27,29);1-12,14H,13H2,(H,27,29). The van der Waals surface area contributed by atoms with Gasteiger partial charge in [0.2, 0.25) is 19.7 Å². The molecule has 0 unspecified atom stereocenters. The van der Waals surface area contributed by atoms with Gasteiger partial charge >= 0.3 is 6.36 Å². The van der Waals surface area contributed by atoms with Crippen LogP contribution in [0.2, 0.25) is 0 Å². The van der Waals surface area contributed by atoms with Crippen LogP contribution in [-0.2, 0) is 32.8 Å². The van der Waals surface area contributed by atoms with Crippen LogP contribution < -0.4 is 15.4 Å². The number of alkyl halides is 3. The number of nitrogens with one attached hydrogen (secondary N) is 2. The molecule has 0 atom stereocenters. The van der Waals surface area contributed by atoms with Crippen molar-refractivity contribution in [2.24, 2.45) is 0 Å². The van der Waals surface area contributed by atoms with E-state index in [2.05, 4.69) is 30.3 Å². The molecule has 65 heavy (non-hydrogen) atoms. The van der Waals surface area contributed by atoms with Gasteiger partial charge in [-0.2, -0.15) is 0 Å². The molecule has 0 fully saturated rings. The second kappa shape index (κ2) is 18.1. The number of sulfone groups is 2. The van der Waals surface area contributed by atoms with Gasteiger partial charge in [0.05, 0.1) is 36.2 Å².